The Kier molecular flexibility index (Phi) is 20.5. The molecule has 0 atom stereocenters. The smallest absolute Gasteiger partial charge is 0.450 e. The molecule has 1 aromatic heterocycles. The minimum atomic E-state index is -3.67. The van der Waals surface area contributed by atoms with Crippen molar-refractivity contribution >= 4 is 15.1 Å². The monoisotopic (exact) mass is 210 g/mol. The fourth-order valence-corrected chi connectivity index (χ4v) is 0.192. The van der Waals surface area contributed by atoms with Gasteiger partial charge in [-0.05, 0) is 0 Å². The van der Waals surface area contributed by atoms with Crippen LogP contribution in [0.15, 0.2) is 18.7 Å². The van der Waals surface area contributed by atoms with E-state index in [2.05, 4.69) is 9.97 Å². The van der Waals surface area contributed by atoms with E-state index in [-0.39, 0.29) is 18.9 Å². The van der Waals surface area contributed by atoms with Gasteiger partial charge in [0.05, 0.1) is 0 Å². The van der Waals surface area contributed by atoms with Gasteiger partial charge in [-0.15, -0.1) is 0 Å². The van der Waals surface area contributed by atoms with Crippen molar-refractivity contribution in [3.05, 3.63) is 18.7 Å². The van der Waals surface area contributed by atoms with Crippen LogP contribution in [-0.2, 0) is 0 Å². The third kappa shape index (κ3) is 62.4. The summed E-state index contributed by atoms with van der Waals surface area (Å²) < 4.78 is 58.0. The summed E-state index contributed by atoms with van der Waals surface area (Å²) in [6.07, 6.45) is 4.78. The number of imidazole rings is 1. The third-order valence-corrected chi connectivity index (χ3v) is 0.372. The van der Waals surface area contributed by atoms with Crippen molar-refractivity contribution in [2.24, 2.45) is 0 Å². The summed E-state index contributed by atoms with van der Waals surface area (Å²) >= 11 is 0. The molecule has 0 aliphatic carbocycles. The standard InChI is InChI=1S/C3H3N2.2BF3.Li/c1-2-5-3-4-1;2*2-1(3)4;/h1-3H;;;/q-1;;;+1. The van der Waals surface area contributed by atoms with E-state index in [0.29, 0.717) is 0 Å². The van der Waals surface area contributed by atoms with Crippen molar-refractivity contribution in [3.8, 4) is 0 Å². The number of halogens is 6. The van der Waals surface area contributed by atoms with Gasteiger partial charge in [-0.25, -0.2) is 0 Å². The van der Waals surface area contributed by atoms with E-state index >= 15 is 0 Å². The van der Waals surface area contributed by atoms with E-state index in [1.54, 1.807) is 12.4 Å². The molecule has 0 saturated heterocycles. The minimum absolute atomic E-state index is 0. The zero-order valence-corrected chi connectivity index (χ0v) is 7.05. The summed E-state index contributed by atoms with van der Waals surface area (Å²) in [5.74, 6) is 0. The van der Waals surface area contributed by atoms with Gasteiger partial charge in [0.15, 0.2) is 0 Å². The maximum Gasteiger partial charge on any atom is 1.00 e. The summed E-state index contributed by atoms with van der Waals surface area (Å²) in [4.78, 5) is 7.22. The van der Waals surface area contributed by atoms with Crippen molar-refractivity contribution in [1.29, 1.82) is 0 Å². The number of hydrogen-bond acceptors (Lipinski definition) is 1. The fraction of sp³-hybridized carbons (Fsp3) is 0. The zero-order chi connectivity index (χ0) is 10.7. The predicted molar refractivity (Wildman–Crippen MR) is 35.7 cm³/mol. The van der Waals surface area contributed by atoms with E-state index in [9.17, 15) is 25.9 Å². The van der Waals surface area contributed by atoms with Crippen LogP contribution in [0.5, 0.6) is 0 Å². The summed E-state index contributed by atoms with van der Waals surface area (Å²) in [6.45, 7) is 0. The Labute approximate surface area is 89.1 Å². The van der Waals surface area contributed by atoms with Gasteiger partial charge in [0, 0.05) is 0 Å². The average Bonchev–Trinajstić information content (AvgIpc) is 2.35. The molecule has 0 bridgehead atoms. The van der Waals surface area contributed by atoms with Crippen LogP contribution in [0.4, 0.5) is 25.9 Å². The van der Waals surface area contributed by atoms with E-state index < -0.39 is 15.1 Å². The summed E-state index contributed by atoms with van der Waals surface area (Å²) in [6, 6.07) is 0. The molecule has 1 aromatic rings. The molecule has 0 unspecified atom stereocenters. The van der Waals surface area contributed by atoms with Crippen LogP contribution in [0, 0.1) is 0 Å². The Morgan fingerprint density at radius 3 is 1.36 bits per heavy atom. The first-order chi connectivity index (χ1) is 5.96. The minimum Gasteiger partial charge on any atom is -0.450 e. The molecule has 0 N–H and O–H groups in total. The molecule has 74 valence electrons. The van der Waals surface area contributed by atoms with E-state index in [0.717, 1.165) is 0 Å². The Balaban J connectivity index is -0.000000127. The van der Waals surface area contributed by atoms with Gasteiger partial charge in [0.1, 0.15) is 0 Å². The van der Waals surface area contributed by atoms with Crippen molar-refractivity contribution < 1.29 is 44.8 Å². The number of hydrogen-bond donors (Lipinski definition) is 0. The third-order valence-electron chi connectivity index (χ3n) is 0.372. The van der Waals surface area contributed by atoms with E-state index in [1.165, 1.54) is 6.33 Å². The van der Waals surface area contributed by atoms with Crippen molar-refractivity contribution in [1.82, 2.24) is 9.97 Å². The van der Waals surface area contributed by atoms with Crippen LogP contribution in [0.2, 0.25) is 0 Å². The molecule has 0 aromatic carbocycles. The molecule has 0 aliphatic rings. The molecule has 0 radical (unpaired) electrons. The first-order valence-electron chi connectivity index (χ1n) is 2.68. The summed E-state index contributed by atoms with van der Waals surface area (Å²) in [7, 11) is -7.33. The molecule has 0 amide bonds. The first kappa shape index (κ1) is 19.1. The Morgan fingerprint density at radius 2 is 1.29 bits per heavy atom. The van der Waals surface area contributed by atoms with Gasteiger partial charge in [-0.1, -0.05) is 18.7 Å². The molecule has 0 saturated carbocycles. The normalized spacial score (nSPS) is 6.71. The SMILES string of the molecule is FB(F)F.FB(F)F.[Li+].c1c[n-]cn1. The number of nitrogens with zero attached hydrogens (tertiary/aromatic N) is 2. The van der Waals surface area contributed by atoms with E-state index in [4.69, 9.17) is 0 Å². The second-order valence-corrected chi connectivity index (χ2v) is 1.21. The van der Waals surface area contributed by atoms with Gasteiger partial charge < -0.3 is 9.97 Å². The van der Waals surface area contributed by atoms with Crippen LogP contribution in [-0.4, -0.2) is 20.1 Å². The maximum absolute atomic E-state index is 9.67. The van der Waals surface area contributed by atoms with Crippen LogP contribution in [0.3, 0.4) is 0 Å². The summed E-state index contributed by atoms with van der Waals surface area (Å²) in [5, 5.41) is 0. The van der Waals surface area contributed by atoms with Gasteiger partial charge >= 0.3 is 33.9 Å². The summed E-state index contributed by atoms with van der Waals surface area (Å²) in [5.41, 5.74) is 0. The Bertz CT molecular complexity index is 135. The van der Waals surface area contributed by atoms with Crippen molar-refractivity contribution in [3.63, 3.8) is 0 Å². The van der Waals surface area contributed by atoms with Gasteiger partial charge in [0.25, 0.3) is 0 Å². The molecule has 1 heterocycles. The van der Waals surface area contributed by atoms with Crippen molar-refractivity contribution in [2.45, 2.75) is 0 Å². The second kappa shape index (κ2) is 15.0. The Hall–Kier alpha value is -0.483. The van der Waals surface area contributed by atoms with Crippen LogP contribution in [0.1, 0.15) is 0 Å². The second-order valence-electron chi connectivity index (χ2n) is 1.21. The van der Waals surface area contributed by atoms with Gasteiger partial charge in [0.2, 0.25) is 0 Å². The molecule has 1 rings (SSSR count). The molecular formula is C3H3B2F6LiN2. The largest absolute Gasteiger partial charge is 1.00 e. The molecule has 14 heavy (non-hydrogen) atoms. The number of rotatable bonds is 0. The Morgan fingerprint density at radius 1 is 0.929 bits per heavy atom. The quantitative estimate of drug-likeness (QED) is 0.397. The molecule has 0 spiro atoms. The van der Waals surface area contributed by atoms with Crippen molar-refractivity contribution in [2.75, 3.05) is 0 Å². The van der Waals surface area contributed by atoms with Crippen LogP contribution >= 0.6 is 0 Å². The topological polar surface area (TPSA) is 27.0 Å². The molecule has 11 heteroatoms. The predicted octanol–water partition coefficient (Wildman–Crippen LogP) is -1.20. The maximum atomic E-state index is 9.67. The fourth-order valence-electron chi connectivity index (χ4n) is 0.192. The van der Waals surface area contributed by atoms with E-state index in [1.807, 2.05) is 0 Å². The molecule has 2 nitrogen and oxygen atoms in total. The van der Waals surface area contributed by atoms with Crippen LogP contribution < -0.4 is 23.8 Å². The number of aromatic nitrogens is 2. The van der Waals surface area contributed by atoms with Gasteiger partial charge in [-0.2, -0.15) is 0 Å². The molecule has 0 aliphatic heterocycles. The zero-order valence-electron chi connectivity index (χ0n) is 7.05. The molecular weight excluding hydrogens is 207 g/mol. The van der Waals surface area contributed by atoms with Crippen LogP contribution in [0.25, 0.3) is 0 Å². The first-order valence-corrected chi connectivity index (χ1v) is 2.68. The van der Waals surface area contributed by atoms with Gasteiger partial charge in [-0.3, -0.25) is 25.9 Å². The molecule has 0 fully saturated rings. The average molecular weight is 210 g/mol.